The summed E-state index contributed by atoms with van der Waals surface area (Å²) in [6, 6.07) is 7.12. The highest BCUT2D eigenvalue weighted by Gasteiger charge is 2.15. The third-order valence-corrected chi connectivity index (χ3v) is 5.51. The van der Waals surface area contributed by atoms with Crippen molar-refractivity contribution in [2.24, 2.45) is 0 Å². The number of halogens is 1. The highest BCUT2D eigenvalue weighted by molar-refractivity contribution is 6.33. The molecule has 0 saturated carbocycles. The molecule has 5 aromatic rings. The maximum atomic E-state index is 6.13. The van der Waals surface area contributed by atoms with Gasteiger partial charge in [0, 0.05) is 35.5 Å². The van der Waals surface area contributed by atoms with Crippen LogP contribution in [0, 0.1) is 0 Å². The number of nitrogens with two attached hydrogens (primary N) is 1. The minimum atomic E-state index is 0. The Morgan fingerprint density at radius 2 is 1.44 bits per heavy atom. The molecular weight excluding hydrogens is 484 g/mol. The second kappa shape index (κ2) is 11.4. The van der Waals surface area contributed by atoms with Crippen LogP contribution < -0.4 is 24.7 Å². The first-order valence-corrected chi connectivity index (χ1v) is 10.7. The number of H-pyrrole nitrogens is 1. The molecule has 11 heteroatoms. The number of methoxy groups -OCH3 is 4. The zero-order valence-corrected chi connectivity index (χ0v) is 20.3. The first kappa shape index (κ1) is 26.3. The average molecular weight is 511 g/mol. The van der Waals surface area contributed by atoms with Gasteiger partial charge >= 0.3 is 0 Å². The SMILES string of the molecule is C.COc1cc(-c2c(OC)ccnc2N)c(Cl)cn1.COc1cc2c(cn1)[nH]c1nccc(OC)c12. The molecule has 0 atom stereocenters. The van der Waals surface area contributed by atoms with Crippen molar-refractivity contribution in [3.05, 3.63) is 54.1 Å². The smallest absolute Gasteiger partial charge is 0.213 e. The average Bonchev–Trinajstić information content (AvgIpc) is 3.27. The van der Waals surface area contributed by atoms with Crippen molar-refractivity contribution in [1.29, 1.82) is 0 Å². The molecule has 0 spiro atoms. The maximum absolute atomic E-state index is 6.13. The van der Waals surface area contributed by atoms with E-state index in [9.17, 15) is 0 Å². The van der Waals surface area contributed by atoms with Crippen molar-refractivity contribution in [1.82, 2.24) is 24.9 Å². The molecule has 0 bridgehead atoms. The van der Waals surface area contributed by atoms with Crippen molar-refractivity contribution in [3.8, 4) is 34.4 Å². The van der Waals surface area contributed by atoms with Gasteiger partial charge in [0.1, 0.15) is 23.0 Å². The molecule has 10 nitrogen and oxygen atoms in total. The third-order valence-electron chi connectivity index (χ3n) is 5.21. The number of hydrogen-bond donors (Lipinski definition) is 2. The Morgan fingerprint density at radius 3 is 2.14 bits per heavy atom. The van der Waals surface area contributed by atoms with Crippen LogP contribution in [0.3, 0.4) is 0 Å². The fourth-order valence-electron chi connectivity index (χ4n) is 3.57. The number of fused-ring (bicyclic) bond motifs is 3. The second-order valence-electron chi connectivity index (χ2n) is 7.11. The third kappa shape index (κ3) is 5.03. The summed E-state index contributed by atoms with van der Waals surface area (Å²) in [4.78, 5) is 19.7. The van der Waals surface area contributed by atoms with Crippen molar-refractivity contribution in [2.45, 2.75) is 7.43 Å². The molecule has 0 saturated heterocycles. The van der Waals surface area contributed by atoms with E-state index >= 15 is 0 Å². The van der Waals surface area contributed by atoms with Crippen LogP contribution in [-0.2, 0) is 0 Å². The minimum Gasteiger partial charge on any atom is -0.496 e. The van der Waals surface area contributed by atoms with E-state index in [1.165, 1.54) is 13.3 Å². The predicted molar refractivity (Wildman–Crippen MR) is 141 cm³/mol. The van der Waals surface area contributed by atoms with Crippen LogP contribution in [0.25, 0.3) is 33.1 Å². The van der Waals surface area contributed by atoms with E-state index in [0.29, 0.717) is 39.5 Å². The Bertz CT molecular complexity index is 1490. The highest BCUT2D eigenvalue weighted by atomic mass is 35.5. The molecule has 0 unspecified atom stereocenters. The Hall–Kier alpha value is -4.31. The predicted octanol–water partition coefficient (Wildman–Crippen LogP) is 5.16. The van der Waals surface area contributed by atoms with Crippen LogP contribution in [0.5, 0.6) is 23.3 Å². The van der Waals surface area contributed by atoms with Gasteiger partial charge in [-0.25, -0.2) is 19.9 Å². The summed E-state index contributed by atoms with van der Waals surface area (Å²) in [6.07, 6.45) is 6.52. The molecule has 0 amide bonds. The quantitative estimate of drug-likeness (QED) is 0.329. The molecular formula is C25H27ClN6O4. The molecule has 0 radical (unpaired) electrons. The fourth-order valence-corrected chi connectivity index (χ4v) is 3.77. The molecule has 0 aliphatic carbocycles. The van der Waals surface area contributed by atoms with Crippen molar-refractivity contribution in [3.63, 3.8) is 0 Å². The van der Waals surface area contributed by atoms with Gasteiger partial charge in [-0.2, -0.15) is 0 Å². The summed E-state index contributed by atoms with van der Waals surface area (Å²) in [5.41, 5.74) is 8.88. The van der Waals surface area contributed by atoms with Gasteiger partial charge in [-0.3, -0.25) is 0 Å². The largest absolute Gasteiger partial charge is 0.496 e. The number of aromatic nitrogens is 5. The van der Waals surface area contributed by atoms with Gasteiger partial charge < -0.3 is 29.7 Å². The van der Waals surface area contributed by atoms with Crippen molar-refractivity contribution < 1.29 is 18.9 Å². The molecule has 5 aromatic heterocycles. The minimum absolute atomic E-state index is 0. The molecule has 5 heterocycles. The summed E-state index contributed by atoms with van der Waals surface area (Å²) >= 11 is 6.13. The van der Waals surface area contributed by atoms with Gasteiger partial charge in [-0.15, -0.1) is 0 Å². The number of nitrogens with one attached hydrogen (secondary N) is 1. The zero-order chi connectivity index (χ0) is 24.9. The van der Waals surface area contributed by atoms with E-state index in [4.69, 9.17) is 36.3 Å². The summed E-state index contributed by atoms with van der Waals surface area (Å²) < 4.78 is 20.8. The maximum Gasteiger partial charge on any atom is 0.213 e. The highest BCUT2D eigenvalue weighted by Crippen LogP contribution is 2.39. The van der Waals surface area contributed by atoms with Crippen LogP contribution in [0.15, 0.2) is 49.1 Å². The number of ether oxygens (including phenoxy) is 4. The Labute approximate surface area is 213 Å². The van der Waals surface area contributed by atoms with E-state index in [0.717, 1.165) is 27.7 Å². The van der Waals surface area contributed by atoms with E-state index < -0.39 is 0 Å². The lowest BCUT2D eigenvalue weighted by atomic mass is 10.1. The topological polar surface area (TPSA) is 130 Å². The first-order valence-electron chi connectivity index (χ1n) is 10.3. The molecule has 36 heavy (non-hydrogen) atoms. The monoisotopic (exact) mass is 510 g/mol. The fraction of sp³-hybridized carbons (Fsp3) is 0.200. The van der Waals surface area contributed by atoms with Gasteiger partial charge in [0.2, 0.25) is 11.8 Å². The normalized spacial score (nSPS) is 10.2. The standard InChI is InChI=1S/C12H12ClN3O2.C12H11N3O2.CH4/c1-17-9-3-4-15-12(14)11(9)7-5-10(18-2)16-6-8(7)13;1-16-9-3-4-13-12-11(9)7-5-10(17-2)14-6-8(7)15-12;/h3-6H,1-2H3,(H2,14,15);3-6H,1-2H3,(H,13,15);1H4. The number of pyridine rings is 4. The zero-order valence-electron chi connectivity index (χ0n) is 19.5. The van der Waals surface area contributed by atoms with Gasteiger partial charge in [0.05, 0.1) is 62.3 Å². The summed E-state index contributed by atoms with van der Waals surface area (Å²) in [6.45, 7) is 0. The lowest BCUT2D eigenvalue weighted by Crippen LogP contribution is -1.98. The van der Waals surface area contributed by atoms with E-state index in [2.05, 4.69) is 24.9 Å². The first-order chi connectivity index (χ1) is 17.0. The number of hydrogen-bond acceptors (Lipinski definition) is 9. The lowest BCUT2D eigenvalue weighted by Gasteiger charge is -2.12. The summed E-state index contributed by atoms with van der Waals surface area (Å²) in [7, 11) is 6.33. The summed E-state index contributed by atoms with van der Waals surface area (Å²) in [5, 5.41) is 2.40. The Kier molecular flexibility index (Phi) is 8.34. The Balaban J connectivity index is 0.000000195. The molecule has 0 aliphatic heterocycles. The molecule has 5 rings (SSSR count). The number of nitrogens with zero attached hydrogens (tertiary/aromatic N) is 4. The van der Waals surface area contributed by atoms with Crippen molar-refractivity contribution >= 4 is 39.4 Å². The van der Waals surface area contributed by atoms with E-state index in [1.54, 1.807) is 52.1 Å². The number of anilines is 1. The number of aromatic amines is 1. The van der Waals surface area contributed by atoms with Crippen LogP contribution in [0.4, 0.5) is 5.82 Å². The van der Waals surface area contributed by atoms with Gasteiger partial charge in [0.15, 0.2) is 0 Å². The lowest BCUT2D eigenvalue weighted by molar-refractivity contribution is 0.398. The molecule has 3 N–H and O–H groups in total. The van der Waals surface area contributed by atoms with Gasteiger partial charge in [-0.05, 0) is 12.1 Å². The van der Waals surface area contributed by atoms with Crippen LogP contribution >= 0.6 is 11.6 Å². The molecule has 0 fully saturated rings. The van der Waals surface area contributed by atoms with E-state index in [-0.39, 0.29) is 7.43 Å². The van der Waals surface area contributed by atoms with Gasteiger partial charge in [-0.1, -0.05) is 19.0 Å². The molecule has 0 aromatic carbocycles. The number of rotatable bonds is 5. The second-order valence-corrected chi connectivity index (χ2v) is 7.52. The summed E-state index contributed by atoms with van der Waals surface area (Å²) in [5.74, 6) is 2.74. The van der Waals surface area contributed by atoms with Crippen LogP contribution in [0.1, 0.15) is 7.43 Å². The molecule has 188 valence electrons. The van der Waals surface area contributed by atoms with Crippen LogP contribution in [-0.4, -0.2) is 53.4 Å². The van der Waals surface area contributed by atoms with Crippen molar-refractivity contribution in [2.75, 3.05) is 34.2 Å². The number of nitrogen functional groups attached to an aromatic ring is 1. The van der Waals surface area contributed by atoms with Crippen LogP contribution in [0.2, 0.25) is 5.02 Å². The van der Waals surface area contributed by atoms with Gasteiger partial charge in [0.25, 0.3) is 0 Å². The Morgan fingerprint density at radius 1 is 0.806 bits per heavy atom. The van der Waals surface area contributed by atoms with E-state index in [1.807, 2.05) is 12.1 Å². The molecule has 0 aliphatic rings.